The van der Waals surface area contributed by atoms with Crippen LogP contribution in [0.3, 0.4) is 0 Å². The number of nitrogens with zero attached hydrogens (tertiary/aromatic N) is 1. The smallest absolute Gasteiger partial charge is 0.230 e. The summed E-state index contributed by atoms with van der Waals surface area (Å²) in [5.74, 6) is -0.0193. The monoisotopic (exact) mass is 310 g/mol. The summed E-state index contributed by atoms with van der Waals surface area (Å²) in [5.41, 5.74) is 5.58. The molecule has 0 bridgehead atoms. The first-order chi connectivity index (χ1) is 10.5. The molecule has 0 aliphatic heterocycles. The van der Waals surface area contributed by atoms with E-state index in [9.17, 15) is 4.79 Å². The minimum absolute atomic E-state index is 0.0193. The van der Waals surface area contributed by atoms with Gasteiger partial charge in [0.05, 0.1) is 16.6 Å². The minimum Gasteiger partial charge on any atom is -0.302 e. The molecule has 3 rings (SSSR count). The Labute approximate surface area is 134 Å². The summed E-state index contributed by atoms with van der Waals surface area (Å²) in [4.78, 5) is 16.7. The number of thiazole rings is 1. The van der Waals surface area contributed by atoms with Crippen molar-refractivity contribution < 1.29 is 4.79 Å². The zero-order chi connectivity index (χ0) is 15.7. The van der Waals surface area contributed by atoms with Gasteiger partial charge < -0.3 is 5.32 Å². The number of fused-ring (bicyclic) bond motifs is 1. The summed E-state index contributed by atoms with van der Waals surface area (Å²) in [6.45, 7) is 6.19. The van der Waals surface area contributed by atoms with E-state index >= 15 is 0 Å². The summed E-state index contributed by atoms with van der Waals surface area (Å²) < 4.78 is 1.08. The van der Waals surface area contributed by atoms with Gasteiger partial charge in [0.15, 0.2) is 5.13 Å². The van der Waals surface area contributed by atoms with Crippen molar-refractivity contribution >= 4 is 32.6 Å². The molecule has 0 aliphatic carbocycles. The average molecular weight is 310 g/mol. The number of aryl methyl sites for hydroxylation is 3. The molecule has 0 radical (unpaired) electrons. The number of hydrogen-bond acceptors (Lipinski definition) is 3. The SMILES string of the molecule is Cc1cc(C)c(CC(=O)Nc2nc3ccccc3s2)c(C)c1. The molecule has 112 valence electrons. The van der Waals surface area contributed by atoms with Crippen LogP contribution in [0.2, 0.25) is 0 Å². The van der Waals surface area contributed by atoms with Crippen LogP contribution in [0.15, 0.2) is 36.4 Å². The standard InChI is InChI=1S/C18H18N2OS/c1-11-8-12(2)14(13(3)9-11)10-17(21)20-18-19-15-6-4-5-7-16(15)22-18/h4-9H,10H2,1-3H3,(H,19,20,21). The molecule has 2 aromatic carbocycles. The molecule has 22 heavy (non-hydrogen) atoms. The second kappa shape index (κ2) is 5.89. The van der Waals surface area contributed by atoms with Crippen molar-refractivity contribution in [3.8, 4) is 0 Å². The number of rotatable bonds is 3. The van der Waals surface area contributed by atoms with Crippen LogP contribution in [-0.4, -0.2) is 10.9 Å². The Kier molecular flexibility index (Phi) is 3.94. The highest BCUT2D eigenvalue weighted by atomic mass is 32.1. The fourth-order valence-corrected chi connectivity index (χ4v) is 3.62. The van der Waals surface area contributed by atoms with Crippen molar-refractivity contribution in [3.63, 3.8) is 0 Å². The zero-order valence-electron chi connectivity index (χ0n) is 12.9. The molecule has 0 unspecified atom stereocenters. The Morgan fingerprint density at radius 2 is 1.82 bits per heavy atom. The first-order valence-electron chi connectivity index (χ1n) is 7.25. The summed E-state index contributed by atoms with van der Waals surface area (Å²) in [7, 11) is 0. The van der Waals surface area contributed by atoms with Gasteiger partial charge in [0.2, 0.25) is 5.91 Å². The summed E-state index contributed by atoms with van der Waals surface area (Å²) in [6, 6.07) is 12.1. The molecule has 0 saturated carbocycles. The topological polar surface area (TPSA) is 42.0 Å². The molecule has 0 saturated heterocycles. The molecule has 1 heterocycles. The quantitative estimate of drug-likeness (QED) is 0.779. The first-order valence-corrected chi connectivity index (χ1v) is 8.07. The molecular formula is C18H18N2OS. The van der Waals surface area contributed by atoms with E-state index in [0.717, 1.165) is 26.9 Å². The van der Waals surface area contributed by atoms with Crippen molar-refractivity contribution in [1.29, 1.82) is 0 Å². The number of nitrogens with one attached hydrogen (secondary N) is 1. The van der Waals surface area contributed by atoms with E-state index in [1.165, 1.54) is 16.9 Å². The van der Waals surface area contributed by atoms with Crippen LogP contribution in [0.25, 0.3) is 10.2 Å². The van der Waals surface area contributed by atoms with Crippen molar-refractivity contribution in [2.75, 3.05) is 5.32 Å². The highest BCUT2D eigenvalue weighted by molar-refractivity contribution is 7.22. The van der Waals surface area contributed by atoms with Gasteiger partial charge in [-0.1, -0.05) is 41.2 Å². The molecule has 0 atom stereocenters. The van der Waals surface area contributed by atoms with Gasteiger partial charge in [-0.3, -0.25) is 4.79 Å². The van der Waals surface area contributed by atoms with Gasteiger partial charge in [0.1, 0.15) is 0 Å². The lowest BCUT2D eigenvalue weighted by molar-refractivity contribution is -0.115. The molecule has 1 amide bonds. The Bertz CT molecular complexity index is 795. The number of carbonyl (C=O) groups is 1. The number of hydrogen-bond donors (Lipinski definition) is 1. The van der Waals surface area contributed by atoms with Crippen LogP contribution < -0.4 is 5.32 Å². The van der Waals surface area contributed by atoms with Crippen LogP contribution in [0, 0.1) is 20.8 Å². The molecular weight excluding hydrogens is 292 g/mol. The maximum atomic E-state index is 12.3. The first kappa shape index (κ1) is 14.7. The second-order valence-electron chi connectivity index (χ2n) is 5.59. The number of para-hydroxylation sites is 1. The highest BCUT2D eigenvalue weighted by Crippen LogP contribution is 2.25. The molecule has 0 spiro atoms. The van der Waals surface area contributed by atoms with Gasteiger partial charge in [-0.2, -0.15) is 0 Å². The van der Waals surface area contributed by atoms with Crippen molar-refractivity contribution in [3.05, 3.63) is 58.7 Å². The Morgan fingerprint density at radius 3 is 2.50 bits per heavy atom. The van der Waals surface area contributed by atoms with E-state index in [4.69, 9.17) is 0 Å². The lowest BCUT2D eigenvalue weighted by atomic mass is 9.97. The largest absolute Gasteiger partial charge is 0.302 e. The van der Waals surface area contributed by atoms with Gasteiger partial charge in [0.25, 0.3) is 0 Å². The van der Waals surface area contributed by atoms with Gasteiger partial charge in [-0.05, 0) is 49.6 Å². The molecule has 3 nitrogen and oxygen atoms in total. The number of anilines is 1. The zero-order valence-corrected chi connectivity index (χ0v) is 13.8. The molecule has 3 aromatic rings. The molecule has 1 aromatic heterocycles. The van der Waals surface area contributed by atoms with Gasteiger partial charge in [-0.25, -0.2) is 4.98 Å². The summed E-state index contributed by atoms with van der Waals surface area (Å²) >= 11 is 1.50. The molecule has 4 heteroatoms. The van der Waals surface area contributed by atoms with Crippen molar-refractivity contribution in [1.82, 2.24) is 4.98 Å². The van der Waals surface area contributed by atoms with E-state index in [-0.39, 0.29) is 5.91 Å². The Hall–Kier alpha value is -2.20. The molecule has 0 aliphatic rings. The van der Waals surface area contributed by atoms with Crippen LogP contribution in [0.4, 0.5) is 5.13 Å². The number of carbonyl (C=O) groups excluding carboxylic acids is 1. The van der Waals surface area contributed by atoms with Crippen LogP contribution in [0.1, 0.15) is 22.3 Å². The third-order valence-corrected chi connectivity index (χ3v) is 4.67. The van der Waals surface area contributed by atoms with Crippen molar-refractivity contribution in [2.45, 2.75) is 27.2 Å². The fraction of sp³-hybridized carbons (Fsp3) is 0.222. The molecule has 0 fully saturated rings. The Balaban J connectivity index is 1.78. The van der Waals surface area contributed by atoms with E-state index in [0.29, 0.717) is 11.6 Å². The number of amides is 1. The van der Waals surface area contributed by atoms with Crippen LogP contribution in [0.5, 0.6) is 0 Å². The Morgan fingerprint density at radius 1 is 1.14 bits per heavy atom. The highest BCUT2D eigenvalue weighted by Gasteiger charge is 2.11. The normalized spacial score (nSPS) is 10.9. The minimum atomic E-state index is -0.0193. The molecule has 1 N–H and O–H groups in total. The van der Waals surface area contributed by atoms with E-state index in [1.54, 1.807) is 0 Å². The number of benzene rings is 2. The summed E-state index contributed by atoms with van der Waals surface area (Å²) in [5, 5.41) is 3.58. The maximum Gasteiger partial charge on any atom is 0.230 e. The predicted molar refractivity (Wildman–Crippen MR) is 92.6 cm³/mol. The third kappa shape index (κ3) is 3.02. The van der Waals surface area contributed by atoms with Crippen LogP contribution in [-0.2, 0) is 11.2 Å². The summed E-state index contributed by atoms with van der Waals surface area (Å²) in [6.07, 6.45) is 0.383. The predicted octanol–water partition coefficient (Wildman–Crippen LogP) is 4.40. The van der Waals surface area contributed by atoms with E-state index in [2.05, 4.69) is 43.2 Å². The van der Waals surface area contributed by atoms with Gasteiger partial charge in [-0.15, -0.1) is 0 Å². The second-order valence-corrected chi connectivity index (χ2v) is 6.62. The number of aromatic nitrogens is 1. The van der Waals surface area contributed by atoms with Gasteiger partial charge >= 0.3 is 0 Å². The lowest BCUT2D eigenvalue weighted by Gasteiger charge is -2.10. The fourth-order valence-electron chi connectivity index (χ4n) is 2.74. The van der Waals surface area contributed by atoms with E-state index in [1.807, 2.05) is 24.3 Å². The average Bonchev–Trinajstić information content (AvgIpc) is 2.84. The maximum absolute atomic E-state index is 12.3. The van der Waals surface area contributed by atoms with Crippen LogP contribution >= 0.6 is 11.3 Å². The van der Waals surface area contributed by atoms with Gasteiger partial charge in [0, 0.05) is 0 Å². The van der Waals surface area contributed by atoms with E-state index < -0.39 is 0 Å². The van der Waals surface area contributed by atoms with Crippen molar-refractivity contribution in [2.24, 2.45) is 0 Å². The lowest BCUT2D eigenvalue weighted by Crippen LogP contribution is -2.15. The third-order valence-electron chi connectivity index (χ3n) is 3.72.